The first-order valence-corrected chi connectivity index (χ1v) is 5.15. The van der Waals surface area contributed by atoms with E-state index in [2.05, 4.69) is 16.6 Å². The summed E-state index contributed by atoms with van der Waals surface area (Å²) in [4.78, 5) is 21.7. The van der Waals surface area contributed by atoms with Crippen LogP contribution in [0.2, 0.25) is 0 Å². The zero-order valence-corrected chi connectivity index (χ0v) is 9.78. The molecule has 0 aliphatic rings. The number of ether oxygens (including phenoxy) is 1. The average molecular weight is 229 g/mol. The highest BCUT2D eigenvalue weighted by Crippen LogP contribution is 2.21. The Kier molecular flexibility index (Phi) is 6.22. The second-order valence-electron chi connectivity index (χ2n) is 4.11. The van der Waals surface area contributed by atoms with E-state index in [0.29, 0.717) is 19.4 Å². The first-order valence-electron chi connectivity index (χ1n) is 5.15. The van der Waals surface area contributed by atoms with E-state index < -0.39 is 17.5 Å². The van der Waals surface area contributed by atoms with Crippen molar-refractivity contribution in [2.24, 2.45) is 5.41 Å². The summed E-state index contributed by atoms with van der Waals surface area (Å²) >= 11 is 0. The average Bonchev–Trinajstić information content (AvgIpc) is 2.21. The lowest BCUT2D eigenvalue weighted by molar-refractivity contribution is -0.147. The number of aliphatic carboxylic acids is 1. The molecule has 0 aliphatic carbocycles. The Labute approximate surface area is 95.5 Å². The molecule has 92 valence electrons. The molecule has 0 aliphatic heterocycles. The molecule has 0 aromatic rings. The summed E-state index contributed by atoms with van der Waals surface area (Å²) < 4.78 is 4.69. The molecule has 0 radical (unpaired) electrons. The molecule has 2 N–H and O–H groups in total. The predicted molar refractivity (Wildman–Crippen MR) is 60.2 cm³/mol. The number of carboxylic acids is 1. The third-order valence-electron chi connectivity index (χ3n) is 2.16. The van der Waals surface area contributed by atoms with Gasteiger partial charge in [0.05, 0.1) is 5.41 Å². The zero-order chi connectivity index (χ0) is 12.6. The van der Waals surface area contributed by atoms with E-state index in [1.807, 2.05) is 0 Å². The fraction of sp³-hybridized carbons (Fsp3) is 0.636. The number of alkyl carbamates (subject to hydrolysis) is 1. The monoisotopic (exact) mass is 229 g/mol. The molecule has 1 amide bonds. The topological polar surface area (TPSA) is 75.6 Å². The van der Waals surface area contributed by atoms with Crippen molar-refractivity contribution in [3.63, 3.8) is 0 Å². The van der Waals surface area contributed by atoms with Crippen LogP contribution < -0.4 is 5.32 Å². The summed E-state index contributed by atoms with van der Waals surface area (Å²) in [6, 6.07) is 0. The number of nitrogens with one attached hydrogen (secondary N) is 1. The van der Waals surface area contributed by atoms with E-state index in [4.69, 9.17) is 5.11 Å². The Morgan fingerprint density at radius 2 is 2.12 bits per heavy atom. The van der Waals surface area contributed by atoms with E-state index in [9.17, 15) is 9.59 Å². The third-order valence-corrected chi connectivity index (χ3v) is 2.16. The number of amides is 1. The van der Waals surface area contributed by atoms with Gasteiger partial charge < -0.3 is 15.2 Å². The zero-order valence-electron chi connectivity index (χ0n) is 9.78. The van der Waals surface area contributed by atoms with Gasteiger partial charge in [0.15, 0.2) is 0 Å². The smallest absolute Gasteiger partial charge is 0.407 e. The maximum Gasteiger partial charge on any atom is 0.407 e. The van der Waals surface area contributed by atoms with Crippen LogP contribution in [0, 0.1) is 5.41 Å². The molecule has 0 aromatic heterocycles. The normalized spacial score (nSPS) is 10.6. The van der Waals surface area contributed by atoms with Gasteiger partial charge >= 0.3 is 12.1 Å². The highest BCUT2D eigenvalue weighted by atomic mass is 16.5. The van der Waals surface area contributed by atoms with Crippen LogP contribution in [0.5, 0.6) is 0 Å². The fourth-order valence-corrected chi connectivity index (χ4v) is 1.01. The predicted octanol–water partition coefficient (Wildman–Crippen LogP) is 1.79. The minimum atomic E-state index is -0.832. The molecular weight excluding hydrogens is 210 g/mol. The van der Waals surface area contributed by atoms with Crippen LogP contribution in [0.3, 0.4) is 0 Å². The Morgan fingerprint density at radius 3 is 2.62 bits per heavy atom. The van der Waals surface area contributed by atoms with Gasteiger partial charge in [0.1, 0.15) is 6.61 Å². The van der Waals surface area contributed by atoms with E-state index >= 15 is 0 Å². The number of carbonyl (C=O) groups excluding carboxylic acids is 1. The molecule has 0 unspecified atom stereocenters. The van der Waals surface area contributed by atoms with Crippen LogP contribution in [-0.4, -0.2) is 30.3 Å². The van der Waals surface area contributed by atoms with Crippen molar-refractivity contribution >= 4 is 12.1 Å². The minimum Gasteiger partial charge on any atom is -0.481 e. The van der Waals surface area contributed by atoms with Crippen LogP contribution >= 0.6 is 0 Å². The lowest BCUT2D eigenvalue weighted by atomic mass is 9.88. The minimum absolute atomic E-state index is 0.173. The standard InChI is InChI=1S/C11H19NO4/c1-4-8-16-10(15)12-7-5-6-11(2,3)9(13)14/h4H,1,5-8H2,2-3H3,(H,12,15)(H,13,14). The van der Waals surface area contributed by atoms with Crippen LogP contribution in [0.15, 0.2) is 12.7 Å². The van der Waals surface area contributed by atoms with Crippen molar-refractivity contribution in [1.29, 1.82) is 0 Å². The molecule has 0 bridgehead atoms. The largest absolute Gasteiger partial charge is 0.481 e. The third kappa shape index (κ3) is 6.06. The molecule has 16 heavy (non-hydrogen) atoms. The van der Waals surface area contributed by atoms with Gasteiger partial charge in [-0.05, 0) is 26.7 Å². The van der Waals surface area contributed by atoms with E-state index in [-0.39, 0.29) is 6.61 Å². The molecule has 0 aromatic carbocycles. The van der Waals surface area contributed by atoms with Crippen LogP contribution in [0.4, 0.5) is 4.79 Å². The van der Waals surface area contributed by atoms with Crippen molar-refractivity contribution < 1.29 is 19.4 Å². The molecule has 5 nitrogen and oxygen atoms in total. The van der Waals surface area contributed by atoms with Crippen molar-refractivity contribution in [2.45, 2.75) is 26.7 Å². The van der Waals surface area contributed by atoms with Crippen molar-refractivity contribution in [3.05, 3.63) is 12.7 Å². The van der Waals surface area contributed by atoms with Gasteiger partial charge in [0.2, 0.25) is 0 Å². The van der Waals surface area contributed by atoms with E-state index in [1.165, 1.54) is 6.08 Å². The lowest BCUT2D eigenvalue weighted by Crippen LogP contribution is -2.28. The Balaban J connectivity index is 3.64. The van der Waals surface area contributed by atoms with Gasteiger partial charge in [-0.2, -0.15) is 0 Å². The summed E-state index contributed by atoms with van der Waals surface area (Å²) in [5.41, 5.74) is -0.757. The Morgan fingerprint density at radius 1 is 1.50 bits per heavy atom. The van der Waals surface area contributed by atoms with Crippen LogP contribution in [0.25, 0.3) is 0 Å². The highest BCUT2D eigenvalue weighted by Gasteiger charge is 2.26. The Hall–Kier alpha value is -1.52. The fourth-order valence-electron chi connectivity index (χ4n) is 1.01. The SMILES string of the molecule is C=CCOC(=O)NCCCC(C)(C)C(=O)O. The van der Waals surface area contributed by atoms with Gasteiger partial charge in [0, 0.05) is 6.54 Å². The summed E-state index contributed by atoms with van der Waals surface area (Å²) in [6.07, 6.45) is 2.08. The number of hydrogen-bond donors (Lipinski definition) is 2. The van der Waals surface area contributed by atoms with Gasteiger partial charge in [-0.3, -0.25) is 4.79 Å². The molecule has 0 atom stereocenters. The second kappa shape index (κ2) is 6.87. The highest BCUT2D eigenvalue weighted by molar-refractivity contribution is 5.73. The molecule has 5 heteroatoms. The summed E-state index contributed by atoms with van der Waals surface area (Å²) in [6.45, 7) is 7.31. The first-order chi connectivity index (χ1) is 7.40. The van der Waals surface area contributed by atoms with Gasteiger partial charge in [-0.15, -0.1) is 0 Å². The van der Waals surface area contributed by atoms with Gasteiger partial charge in [0.25, 0.3) is 0 Å². The van der Waals surface area contributed by atoms with Gasteiger partial charge in [-0.1, -0.05) is 12.7 Å². The molecular formula is C11H19NO4. The number of carboxylic acid groups (broad SMARTS) is 1. The van der Waals surface area contributed by atoms with E-state index in [1.54, 1.807) is 13.8 Å². The maximum atomic E-state index is 11.0. The quantitative estimate of drug-likeness (QED) is 0.515. The number of carbonyl (C=O) groups is 2. The van der Waals surface area contributed by atoms with Crippen molar-refractivity contribution in [1.82, 2.24) is 5.32 Å². The van der Waals surface area contributed by atoms with Crippen molar-refractivity contribution in [2.75, 3.05) is 13.2 Å². The number of hydrogen-bond acceptors (Lipinski definition) is 3. The van der Waals surface area contributed by atoms with Crippen LogP contribution in [0.1, 0.15) is 26.7 Å². The van der Waals surface area contributed by atoms with Crippen molar-refractivity contribution in [3.8, 4) is 0 Å². The van der Waals surface area contributed by atoms with Crippen LogP contribution in [-0.2, 0) is 9.53 Å². The maximum absolute atomic E-state index is 11.0. The lowest BCUT2D eigenvalue weighted by Gasteiger charge is -2.18. The number of rotatable bonds is 7. The first kappa shape index (κ1) is 14.5. The Bertz CT molecular complexity index is 261. The molecule has 0 spiro atoms. The second-order valence-corrected chi connectivity index (χ2v) is 4.11. The summed E-state index contributed by atoms with van der Waals surface area (Å²) in [5.74, 6) is -0.832. The molecule has 0 heterocycles. The summed E-state index contributed by atoms with van der Waals surface area (Å²) in [5, 5.41) is 11.4. The molecule has 0 fully saturated rings. The summed E-state index contributed by atoms with van der Waals surface area (Å²) in [7, 11) is 0. The van der Waals surface area contributed by atoms with Gasteiger partial charge in [-0.25, -0.2) is 4.79 Å². The molecule has 0 saturated heterocycles. The van der Waals surface area contributed by atoms with E-state index in [0.717, 1.165) is 0 Å². The molecule has 0 saturated carbocycles. The molecule has 0 rings (SSSR count).